The fourth-order valence-corrected chi connectivity index (χ4v) is 43.6. The summed E-state index contributed by atoms with van der Waals surface area (Å²) in [5, 5.41) is 32.4. The van der Waals surface area contributed by atoms with Crippen LogP contribution in [0.1, 0.15) is 67.7 Å². The van der Waals surface area contributed by atoms with Crippen LogP contribution in [0.15, 0.2) is 89.9 Å². The van der Waals surface area contributed by atoms with Gasteiger partial charge in [0.15, 0.2) is 23.1 Å². The predicted molar refractivity (Wildman–Crippen MR) is 371 cm³/mol. The first kappa shape index (κ1) is 73.9. The summed E-state index contributed by atoms with van der Waals surface area (Å²) in [6.07, 6.45) is -0.864. The van der Waals surface area contributed by atoms with E-state index < -0.39 is 96.3 Å². The molecule has 0 radical (unpaired) electrons. The zero-order valence-electron chi connectivity index (χ0n) is 49.0. The lowest BCUT2D eigenvalue weighted by Gasteiger charge is -2.60. The highest BCUT2D eigenvalue weighted by atomic mass is 33.5. The third-order valence-electron chi connectivity index (χ3n) is 17.4. The average molecular weight is 1520 g/mol. The van der Waals surface area contributed by atoms with E-state index in [0.717, 1.165) is 0 Å². The number of hydrogen-bond donors (Lipinski definition) is 2. The molecule has 4 bridgehead atoms. The quantitative estimate of drug-likeness (QED) is 0.264. The number of esters is 1. The number of fused-ring (bicyclic) bond motifs is 10. The Hall–Kier alpha value is -3.50. The van der Waals surface area contributed by atoms with Crippen LogP contribution in [0.2, 0.25) is 0 Å². The van der Waals surface area contributed by atoms with Crippen molar-refractivity contribution in [2.75, 3.05) is 55.7 Å². The number of ether oxygens (including phenoxy) is 5. The highest BCUT2D eigenvalue weighted by molar-refractivity contribution is 8.76. The van der Waals surface area contributed by atoms with E-state index in [-0.39, 0.29) is 125 Å². The van der Waals surface area contributed by atoms with Crippen LogP contribution in [0, 0.1) is 11.3 Å². The fourth-order valence-electron chi connectivity index (χ4n) is 13.4. The van der Waals surface area contributed by atoms with Crippen LogP contribution < -0.4 is 0 Å². The first-order valence-corrected chi connectivity index (χ1v) is 45.2. The summed E-state index contributed by atoms with van der Waals surface area (Å²) in [7, 11) is 30.4. The summed E-state index contributed by atoms with van der Waals surface area (Å²) in [6, 6.07) is -4.06. The number of methoxy groups -OCH3 is 4. The second-order valence-corrected chi connectivity index (χ2v) is 43.9. The van der Waals surface area contributed by atoms with E-state index >= 15 is 0 Å². The molecule has 90 heavy (non-hydrogen) atoms. The van der Waals surface area contributed by atoms with Crippen molar-refractivity contribution in [2.45, 2.75) is 128 Å². The minimum Gasteiger partial charge on any atom is -0.489 e. The van der Waals surface area contributed by atoms with Gasteiger partial charge in [-0.05, 0) is 67.5 Å². The van der Waals surface area contributed by atoms with Crippen molar-refractivity contribution in [3.05, 3.63) is 89.9 Å². The summed E-state index contributed by atoms with van der Waals surface area (Å²) < 4.78 is 26.3. The Bertz CT molecular complexity index is 4170. The van der Waals surface area contributed by atoms with Crippen molar-refractivity contribution in [1.29, 1.82) is 5.26 Å². The van der Waals surface area contributed by atoms with Gasteiger partial charge in [-0.1, -0.05) is 7.43 Å². The van der Waals surface area contributed by atoms with Gasteiger partial charge in [-0.3, -0.25) is 62.8 Å². The van der Waals surface area contributed by atoms with Gasteiger partial charge < -0.3 is 33.9 Å². The van der Waals surface area contributed by atoms with E-state index in [2.05, 4.69) is 6.07 Å². The maximum absolute atomic E-state index is 13.7. The normalized spacial score (nSPS) is 27.9. The smallest absolute Gasteiger partial charge is 0.302 e. The lowest BCUT2D eigenvalue weighted by Crippen LogP contribution is -2.74. The minimum atomic E-state index is -1.19. The lowest BCUT2D eigenvalue weighted by atomic mass is 9.67. The van der Waals surface area contributed by atoms with E-state index in [9.17, 15) is 58.6 Å². The zero-order chi connectivity index (χ0) is 65.2. The van der Waals surface area contributed by atoms with Gasteiger partial charge in [0.2, 0.25) is 46.2 Å². The van der Waals surface area contributed by atoms with Crippen molar-refractivity contribution in [3.63, 3.8) is 0 Å². The number of carbonyl (C=O) groups is 9. The number of Topliss-reactive ketones (excluding diaryl/α,β-unsaturated/α-hetero) is 8. The maximum atomic E-state index is 13.7. The molecule has 4 aliphatic carbocycles. The third-order valence-corrected chi connectivity index (χ3v) is 44.1. The largest absolute Gasteiger partial charge is 0.489 e. The number of nitrogens with zero attached hydrogens (tertiary/aromatic N) is 5. The summed E-state index contributed by atoms with van der Waals surface area (Å²) in [4.78, 5) is 127. The van der Waals surface area contributed by atoms with Crippen LogP contribution >= 0.6 is 0 Å². The molecule has 0 aromatic heterocycles. The van der Waals surface area contributed by atoms with Crippen molar-refractivity contribution in [3.8, 4) is 6.07 Å². The first-order chi connectivity index (χ1) is 42.5. The number of nitriles is 1. The zero-order valence-corrected chi connectivity index (χ0v) is 61.2. The molecule has 0 amide bonds. The van der Waals surface area contributed by atoms with Crippen LogP contribution in [0.25, 0.3) is 0 Å². The molecule has 6 aliphatic heterocycles. The van der Waals surface area contributed by atoms with Gasteiger partial charge in [0.1, 0.15) is 18.9 Å². The van der Waals surface area contributed by atoms with Crippen LogP contribution in [-0.4, -0.2) is 198 Å². The molecular weight excluding hydrogens is 1460 g/mol. The van der Waals surface area contributed by atoms with Gasteiger partial charge in [0.25, 0.3) is 0 Å². The SMILES string of the molecule is C.COC1=C(OC)C(=O)C2=C(C[C@H]3[C@H](C#N)N4[C@@H](CO)C5=C(C[C@H]4[C@@H]2N3C)C(=O)C(C)=C(C)C5=O)C1=O.COC1=C(OC)C(=O)C2=C(C[C@H]3[C@H](O)N4[C@@H](COC(C)=O)C5=C(C[C@H]4[C@@H]2N3C)C(=O)C(C)=C(C)C5=O)C1=O.S=S=S=S=S=S=S=S=S=S=S=S=S=S=S. The Labute approximate surface area is 566 Å². The number of likely N-dealkylation sites (N-methyl/N-ethyl adjacent to an activating group) is 2. The second kappa shape index (κ2) is 31.8. The molecule has 0 unspecified atom stereocenters. The number of hydrogen-bond acceptors (Lipinski definition) is 23. The van der Waals surface area contributed by atoms with E-state index in [0.29, 0.717) is 27.9 Å². The predicted octanol–water partition coefficient (Wildman–Crippen LogP) is 0.872. The summed E-state index contributed by atoms with van der Waals surface area (Å²) in [6.45, 7) is 6.88. The molecular formula is C54H61N5O16S15. The number of aliphatic hydroxyl groups is 2. The maximum Gasteiger partial charge on any atom is 0.302 e. The van der Waals surface area contributed by atoms with Crippen molar-refractivity contribution >= 4 is 190 Å². The molecule has 10 rings (SSSR count). The van der Waals surface area contributed by atoms with Crippen molar-refractivity contribution in [2.24, 2.45) is 0 Å². The van der Waals surface area contributed by atoms with E-state index in [1.807, 2.05) is 9.80 Å². The Morgan fingerprint density at radius 1 is 0.511 bits per heavy atom. The monoisotopic (exact) mass is 1510 g/mol. The van der Waals surface area contributed by atoms with E-state index in [1.165, 1.54) is 53.1 Å². The highest BCUT2D eigenvalue weighted by Gasteiger charge is 2.62. The van der Waals surface area contributed by atoms with Crippen molar-refractivity contribution < 1.29 is 77.0 Å². The minimum absolute atomic E-state index is 0. The third kappa shape index (κ3) is 13.4. The van der Waals surface area contributed by atoms with Crippen LogP contribution in [0.4, 0.5) is 0 Å². The van der Waals surface area contributed by atoms with Gasteiger partial charge in [-0.2, -0.15) is 5.26 Å². The molecule has 36 heteroatoms. The molecule has 2 fully saturated rings. The summed E-state index contributed by atoms with van der Waals surface area (Å²) >= 11 is 9.45. The summed E-state index contributed by atoms with van der Waals surface area (Å²) in [5.74, 6) is -4.42. The van der Waals surface area contributed by atoms with Gasteiger partial charge in [-0.15, -0.1) is 0 Å². The van der Waals surface area contributed by atoms with E-state index in [4.69, 9.17) is 46.1 Å². The number of aliphatic hydroxyl groups excluding tert-OH is 2. The second-order valence-electron chi connectivity index (χ2n) is 20.9. The molecule has 0 aromatic carbocycles. The molecule has 10 atom stereocenters. The Balaban J connectivity index is 0.000000208. The Kier molecular flexibility index (Phi) is 26.1. The summed E-state index contributed by atoms with van der Waals surface area (Å²) in [5.41, 5.74) is 3.33. The number of piperazine rings is 2. The molecule has 10 aliphatic rings. The molecule has 488 valence electrons. The molecule has 6 heterocycles. The number of rotatable bonds is 7. The molecule has 0 aromatic rings. The molecule has 2 saturated heterocycles. The van der Waals surface area contributed by atoms with Gasteiger partial charge in [0.05, 0.1) is 71.3 Å². The fraction of sp³-hybridized carbons (Fsp3) is 0.519. The highest BCUT2D eigenvalue weighted by Crippen LogP contribution is 2.51. The number of carbonyl (C=O) groups excluding carboxylic acids is 9. The van der Waals surface area contributed by atoms with Crippen LogP contribution in [-0.2, 0) is 205 Å². The average Bonchev–Trinajstić information content (AvgIpc) is 0.709. The standard InChI is InChI=1S/C27H30N2O9.C26H27N3O7.CH4.S15/c1-10-11(2)22(32)18-13(21(10)31)7-15-20-19-14(23(33)25(36-5)26(37-6)24(19)34)8-16(28(20)4)27(35)29(15)17(18)9-38-12(3)30;1-10-11(2)22(32)18-12(21(10)31)7-15-20-19-13(23(33)25(35-4)26(36-5)24(19)34)6-14(28(20)3)16(8-27)29(15)17(18)9-30;;1-3-5-7-9-11-13-15-14-12-10-8-6-4-2/h15-17,20,27,35H,7-9H2,1-6H3;14-17,20,30H,6-7,9H2,1-5H3;1H4;/t15-,16-,17-,20-,27-;14-,15-,16-,17-,20-;;/m00../s1. The van der Waals surface area contributed by atoms with Gasteiger partial charge >= 0.3 is 5.97 Å². The Morgan fingerprint density at radius 3 is 1.22 bits per heavy atom. The Morgan fingerprint density at radius 2 is 0.844 bits per heavy atom. The molecule has 0 spiro atoms. The topological polar surface area (TPSA) is 277 Å². The van der Waals surface area contributed by atoms with Crippen LogP contribution in [0.5, 0.6) is 0 Å². The van der Waals surface area contributed by atoms with E-state index in [1.54, 1.807) is 149 Å². The van der Waals surface area contributed by atoms with Gasteiger partial charge in [-0.25, -0.2) is 0 Å². The molecule has 21 nitrogen and oxygen atoms in total. The van der Waals surface area contributed by atoms with Gasteiger partial charge in [0, 0.05) is 230 Å². The first-order valence-electron chi connectivity index (χ1n) is 26.5. The number of ketones is 8. The van der Waals surface area contributed by atoms with Crippen molar-refractivity contribution in [1.82, 2.24) is 19.6 Å². The molecule has 0 saturated carbocycles. The lowest BCUT2D eigenvalue weighted by molar-refractivity contribution is -0.171. The molecule has 2 N–H and O–H groups in total. The number of allylic oxidation sites excluding steroid dienone is 8. The van der Waals surface area contributed by atoms with Crippen LogP contribution in [0.3, 0.4) is 0 Å².